The Morgan fingerprint density at radius 1 is 1.14 bits per heavy atom. The van der Waals surface area contributed by atoms with Crippen LogP contribution in [0.4, 0.5) is 10.5 Å². The molecule has 0 spiro atoms. The Kier molecular flexibility index (Phi) is 5.61. The van der Waals surface area contributed by atoms with Crippen LogP contribution in [-0.2, 0) is 6.54 Å². The molecule has 0 bridgehead atoms. The first kappa shape index (κ1) is 15.8. The third kappa shape index (κ3) is 4.74. The van der Waals surface area contributed by atoms with E-state index in [4.69, 9.17) is 0 Å². The van der Waals surface area contributed by atoms with Gasteiger partial charge in [-0.15, -0.1) is 0 Å². The average molecular weight is 394 g/mol. The minimum Gasteiger partial charge on any atom is -0.318 e. The Labute approximate surface area is 139 Å². The highest BCUT2D eigenvalue weighted by Gasteiger charge is 2.17. The lowest BCUT2D eigenvalue weighted by Crippen LogP contribution is -2.39. The second-order valence-corrected chi connectivity index (χ2v) is 6.39. The molecule has 2 rings (SSSR count). The molecule has 2 aromatic carbocycles. The number of carbonyl (C=O) groups excluding carboxylic acids is 1. The number of benzene rings is 2. The fraction of sp³-hybridized carbons (Fsp3) is 0.235. The van der Waals surface area contributed by atoms with Gasteiger partial charge in [-0.3, -0.25) is 0 Å². The number of nitrogens with one attached hydrogen (secondary N) is 1. The number of amides is 2. The maximum atomic E-state index is 12.5. The Hall–Kier alpha value is -1.56. The van der Waals surface area contributed by atoms with Gasteiger partial charge in [0, 0.05) is 21.8 Å². The Balaban J connectivity index is 2.09. The quantitative estimate of drug-likeness (QED) is 0.747. The molecule has 0 heterocycles. The topological polar surface area (TPSA) is 32.3 Å². The van der Waals surface area contributed by atoms with Gasteiger partial charge in [0.15, 0.2) is 0 Å². The molecule has 0 aliphatic rings. The van der Waals surface area contributed by atoms with Crippen LogP contribution in [0.25, 0.3) is 0 Å². The smallest absolute Gasteiger partial charge is 0.318 e. The molecule has 1 N–H and O–H groups in total. The van der Waals surface area contributed by atoms with Crippen LogP contribution in [0.2, 0.25) is 0 Å². The van der Waals surface area contributed by atoms with E-state index in [2.05, 4.69) is 27.9 Å². The number of carbonyl (C=O) groups is 1. The van der Waals surface area contributed by atoms with Crippen molar-refractivity contribution in [3.8, 4) is 0 Å². The molecule has 0 saturated carbocycles. The normalized spacial score (nSPS) is 10.5. The molecule has 0 aliphatic carbocycles. The molecule has 0 fully saturated rings. The van der Waals surface area contributed by atoms with Crippen LogP contribution in [0.5, 0.6) is 0 Å². The number of nitrogens with zero attached hydrogens (tertiary/aromatic N) is 1. The molecular weight excluding hydrogens is 375 g/mol. The first-order valence-electron chi connectivity index (χ1n) is 6.93. The van der Waals surface area contributed by atoms with Gasteiger partial charge < -0.3 is 10.2 Å². The van der Waals surface area contributed by atoms with E-state index < -0.39 is 0 Å². The minimum atomic E-state index is -0.0733. The van der Waals surface area contributed by atoms with Crippen LogP contribution in [0, 0.1) is 3.57 Å². The summed E-state index contributed by atoms with van der Waals surface area (Å²) in [6, 6.07) is 17.9. The van der Waals surface area contributed by atoms with Crippen molar-refractivity contribution in [2.45, 2.75) is 26.4 Å². The highest BCUT2D eigenvalue weighted by atomic mass is 127. The van der Waals surface area contributed by atoms with Crippen LogP contribution in [0.1, 0.15) is 19.4 Å². The summed E-state index contributed by atoms with van der Waals surface area (Å²) in [6.07, 6.45) is 0. The van der Waals surface area contributed by atoms with Crippen molar-refractivity contribution in [1.29, 1.82) is 0 Å². The zero-order valence-corrected chi connectivity index (χ0v) is 14.4. The minimum absolute atomic E-state index is 0.0733. The fourth-order valence-electron chi connectivity index (χ4n) is 2.03. The summed E-state index contributed by atoms with van der Waals surface area (Å²) in [5.41, 5.74) is 1.95. The number of urea groups is 1. The lowest BCUT2D eigenvalue weighted by Gasteiger charge is -2.27. The Bertz CT molecular complexity index is 599. The van der Waals surface area contributed by atoms with Crippen LogP contribution < -0.4 is 5.32 Å². The number of rotatable bonds is 4. The van der Waals surface area contributed by atoms with E-state index in [1.54, 1.807) is 0 Å². The molecule has 0 radical (unpaired) electrons. The van der Waals surface area contributed by atoms with Gasteiger partial charge in [-0.2, -0.15) is 0 Å². The molecule has 2 aromatic rings. The van der Waals surface area contributed by atoms with Gasteiger partial charge in [-0.25, -0.2) is 4.79 Å². The van der Waals surface area contributed by atoms with Crippen molar-refractivity contribution in [2.75, 3.05) is 5.32 Å². The van der Waals surface area contributed by atoms with Gasteiger partial charge in [-0.05, 0) is 60.2 Å². The van der Waals surface area contributed by atoms with E-state index in [-0.39, 0.29) is 12.1 Å². The first-order chi connectivity index (χ1) is 10.1. The lowest BCUT2D eigenvalue weighted by atomic mass is 10.2. The second kappa shape index (κ2) is 7.45. The molecule has 3 nitrogen and oxygen atoms in total. The molecule has 0 atom stereocenters. The van der Waals surface area contributed by atoms with Crippen molar-refractivity contribution < 1.29 is 4.79 Å². The van der Waals surface area contributed by atoms with Gasteiger partial charge in [0.2, 0.25) is 0 Å². The van der Waals surface area contributed by atoms with Crippen molar-refractivity contribution in [3.63, 3.8) is 0 Å². The van der Waals surface area contributed by atoms with Gasteiger partial charge >= 0.3 is 6.03 Å². The summed E-state index contributed by atoms with van der Waals surface area (Å²) in [5.74, 6) is 0. The lowest BCUT2D eigenvalue weighted by molar-refractivity contribution is 0.193. The maximum Gasteiger partial charge on any atom is 0.322 e. The van der Waals surface area contributed by atoms with Crippen molar-refractivity contribution >= 4 is 34.3 Å². The highest BCUT2D eigenvalue weighted by Crippen LogP contribution is 2.15. The highest BCUT2D eigenvalue weighted by molar-refractivity contribution is 14.1. The second-order valence-electron chi connectivity index (χ2n) is 5.15. The van der Waals surface area contributed by atoms with Gasteiger partial charge in [-0.1, -0.05) is 36.4 Å². The molecule has 0 saturated heterocycles. The predicted molar refractivity (Wildman–Crippen MR) is 95.3 cm³/mol. The van der Waals surface area contributed by atoms with Crippen molar-refractivity contribution in [1.82, 2.24) is 4.90 Å². The summed E-state index contributed by atoms with van der Waals surface area (Å²) in [6.45, 7) is 4.66. The van der Waals surface area contributed by atoms with Crippen molar-refractivity contribution in [3.05, 3.63) is 63.7 Å². The SMILES string of the molecule is CC(C)N(Cc1ccccc1)C(=O)Nc1cccc(I)c1. The van der Waals surface area contributed by atoms with Crippen LogP contribution in [-0.4, -0.2) is 17.0 Å². The first-order valence-corrected chi connectivity index (χ1v) is 8.01. The van der Waals surface area contributed by atoms with E-state index in [1.807, 2.05) is 73.3 Å². The zero-order valence-electron chi connectivity index (χ0n) is 12.2. The van der Waals surface area contributed by atoms with Crippen molar-refractivity contribution in [2.24, 2.45) is 0 Å². The molecule has 110 valence electrons. The largest absolute Gasteiger partial charge is 0.322 e. The molecule has 0 unspecified atom stereocenters. The number of hydrogen-bond donors (Lipinski definition) is 1. The third-order valence-electron chi connectivity index (χ3n) is 3.16. The summed E-state index contributed by atoms with van der Waals surface area (Å²) in [4.78, 5) is 14.3. The van der Waals surface area contributed by atoms with Gasteiger partial charge in [0.1, 0.15) is 0 Å². The molecule has 0 aliphatic heterocycles. The Morgan fingerprint density at radius 2 is 1.86 bits per heavy atom. The number of halogens is 1. The predicted octanol–water partition coefficient (Wildman–Crippen LogP) is 4.73. The molecular formula is C17H19IN2O. The van der Waals surface area contributed by atoms with E-state index in [9.17, 15) is 4.79 Å². The summed E-state index contributed by atoms with van der Waals surface area (Å²) in [5, 5.41) is 2.97. The van der Waals surface area contributed by atoms with E-state index in [0.717, 1.165) is 14.8 Å². The van der Waals surface area contributed by atoms with Crippen LogP contribution in [0.3, 0.4) is 0 Å². The summed E-state index contributed by atoms with van der Waals surface area (Å²) >= 11 is 2.24. The van der Waals surface area contributed by atoms with E-state index in [0.29, 0.717) is 6.54 Å². The monoisotopic (exact) mass is 394 g/mol. The van der Waals surface area contributed by atoms with Gasteiger partial charge in [0.25, 0.3) is 0 Å². The molecule has 4 heteroatoms. The molecule has 2 amide bonds. The van der Waals surface area contributed by atoms with E-state index >= 15 is 0 Å². The maximum absolute atomic E-state index is 12.5. The Morgan fingerprint density at radius 3 is 2.48 bits per heavy atom. The third-order valence-corrected chi connectivity index (χ3v) is 3.83. The average Bonchev–Trinajstić information content (AvgIpc) is 2.45. The van der Waals surface area contributed by atoms with Crippen LogP contribution >= 0.6 is 22.6 Å². The van der Waals surface area contributed by atoms with Crippen LogP contribution in [0.15, 0.2) is 54.6 Å². The molecule has 21 heavy (non-hydrogen) atoms. The number of hydrogen-bond acceptors (Lipinski definition) is 1. The number of anilines is 1. The molecule has 0 aromatic heterocycles. The summed E-state index contributed by atoms with van der Waals surface area (Å²) in [7, 11) is 0. The standard InChI is InChI=1S/C17H19IN2O/c1-13(2)20(12-14-7-4-3-5-8-14)17(21)19-16-10-6-9-15(18)11-16/h3-11,13H,12H2,1-2H3,(H,19,21). The fourth-order valence-corrected chi connectivity index (χ4v) is 2.57. The van der Waals surface area contributed by atoms with E-state index in [1.165, 1.54) is 0 Å². The zero-order chi connectivity index (χ0) is 15.2. The van der Waals surface area contributed by atoms with Gasteiger partial charge in [0.05, 0.1) is 0 Å². The summed E-state index contributed by atoms with van der Waals surface area (Å²) < 4.78 is 1.10.